The first-order chi connectivity index (χ1) is 12.7. The summed E-state index contributed by atoms with van der Waals surface area (Å²) in [7, 11) is 0. The van der Waals surface area contributed by atoms with E-state index in [-0.39, 0.29) is 17.0 Å². The number of piperazine rings is 1. The molecule has 3 rings (SSSR count). The maximum atomic E-state index is 12.8. The zero-order valence-corrected chi connectivity index (χ0v) is 16.0. The van der Waals surface area contributed by atoms with Crippen molar-refractivity contribution in [2.75, 3.05) is 31.1 Å². The second-order valence-corrected chi connectivity index (χ2v) is 7.28. The normalized spacial score (nSPS) is 17.6. The molecule has 0 aliphatic carbocycles. The van der Waals surface area contributed by atoms with Crippen molar-refractivity contribution in [3.05, 3.63) is 34.6 Å². The van der Waals surface area contributed by atoms with Gasteiger partial charge in [-0.1, -0.05) is 30.6 Å². The van der Waals surface area contributed by atoms with Crippen LogP contribution in [0.15, 0.2) is 16.8 Å². The van der Waals surface area contributed by atoms with E-state index in [1.54, 1.807) is 0 Å². The smallest absolute Gasteiger partial charge is 0.353 e. The Morgan fingerprint density at radius 2 is 1.81 bits per heavy atom. The van der Waals surface area contributed by atoms with Crippen molar-refractivity contribution < 1.29 is 17.7 Å². The predicted molar refractivity (Wildman–Crippen MR) is 94.8 cm³/mol. The van der Waals surface area contributed by atoms with Crippen LogP contribution in [0.2, 0.25) is 5.02 Å². The first-order valence-corrected chi connectivity index (χ1v) is 9.10. The van der Waals surface area contributed by atoms with Gasteiger partial charge in [0.2, 0.25) is 5.89 Å². The molecule has 0 aromatic carbocycles. The van der Waals surface area contributed by atoms with Gasteiger partial charge in [-0.2, -0.15) is 18.2 Å². The molecule has 1 atom stereocenters. The second kappa shape index (κ2) is 7.63. The summed E-state index contributed by atoms with van der Waals surface area (Å²) < 4.78 is 43.6. The van der Waals surface area contributed by atoms with Crippen molar-refractivity contribution >= 4 is 17.4 Å². The average Bonchev–Trinajstić information content (AvgIpc) is 3.11. The largest absolute Gasteiger partial charge is 0.417 e. The quantitative estimate of drug-likeness (QED) is 0.764. The van der Waals surface area contributed by atoms with Gasteiger partial charge in [0.25, 0.3) is 0 Å². The van der Waals surface area contributed by atoms with Crippen molar-refractivity contribution in [2.24, 2.45) is 0 Å². The fourth-order valence-corrected chi connectivity index (χ4v) is 3.23. The van der Waals surface area contributed by atoms with Gasteiger partial charge in [-0.05, 0) is 13.0 Å². The molecular weight excluding hydrogens is 383 g/mol. The monoisotopic (exact) mass is 403 g/mol. The number of alkyl halides is 3. The van der Waals surface area contributed by atoms with Gasteiger partial charge in [0, 0.05) is 38.3 Å². The van der Waals surface area contributed by atoms with E-state index in [1.807, 2.05) is 25.7 Å². The molecule has 0 radical (unpaired) electrons. The van der Waals surface area contributed by atoms with E-state index in [2.05, 4.69) is 20.0 Å². The SMILES string of the molecule is CC(C)c1noc(C(C)N2CCN(c3ncc(C(F)(F)F)cc3Cl)CC2)n1. The molecule has 10 heteroatoms. The molecule has 3 heterocycles. The minimum Gasteiger partial charge on any atom is -0.353 e. The van der Waals surface area contributed by atoms with Gasteiger partial charge < -0.3 is 9.42 Å². The van der Waals surface area contributed by atoms with Crippen molar-refractivity contribution in [1.82, 2.24) is 20.0 Å². The summed E-state index contributed by atoms with van der Waals surface area (Å²) in [4.78, 5) is 12.4. The average molecular weight is 404 g/mol. The van der Waals surface area contributed by atoms with Gasteiger partial charge in [0.05, 0.1) is 16.6 Å². The van der Waals surface area contributed by atoms with E-state index in [9.17, 15) is 13.2 Å². The Morgan fingerprint density at radius 1 is 1.15 bits per heavy atom. The Kier molecular flexibility index (Phi) is 5.62. The van der Waals surface area contributed by atoms with Crippen LogP contribution in [0.1, 0.15) is 50.0 Å². The fraction of sp³-hybridized carbons (Fsp3) is 0.588. The van der Waals surface area contributed by atoms with Crippen molar-refractivity contribution in [3.63, 3.8) is 0 Å². The molecule has 1 saturated heterocycles. The highest BCUT2D eigenvalue weighted by molar-refractivity contribution is 6.33. The Balaban J connectivity index is 1.64. The van der Waals surface area contributed by atoms with Crippen LogP contribution in [0, 0.1) is 0 Å². The van der Waals surface area contributed by atoms with Crippen molar-refractivity contribution in [2.45, 2.75) is 38.9 Å². The van der Waals surface area contributed by atoms with Crippen LogP contribution in [-0.2, 0) is 6.18 Å². The van der Waals surface area contributed by atoms with Crippen LogP contribution >= 0.6 is 11.6 Å². The minimum atomic E-state index is -4.46. The van der Waals surface area contributed by atoms with E-state index >= 15 is 0 Å². The summed E-state index contributed by atoms with van der Waals surface area (Å²) in [6, 6.07) is 0.883. The standard InChI is InChI=1S/C17H21ClF3N5O/c1-10(2)14-23-16(27-24-14)11(3)25-4-6-26(7-5-25)15-13(18)8-12(9-22-15)17(19,20)21/h8-11H,4-7H2,1-3H3. The van der Waals surface area contributed by atoms with Crippen LogP contribution in [0.4, 0.5) is 19.0 Å². The van der Waals surface area contributed by atoms with E-state index in [0.717, 1.165) is 12.3 Å². The lowest BCUT2D eigenvalue weighted by atomic mass is 10.2. The van der Waals surface area contributed by atoms with Crippen LogP contribution < -0.4 is 4.90 Å². The minimum absolute atomic E-state index is 0.00444. The summed E-state index contributed by atoms with van der Waals surface area (Å²) in [5.74, 6) is 1.81. The Morgan fingerprint density at radius 3 is 2.33 bits per heavy atom. The molecule has 0 N–H and O–H groups in total. The van der Waals surface area contributed by atoms with E-state index in [4.69, 9.17) is 16.1 Å². The van der Waals surface area contributed by atoms with E-state index in [0.29, 0.717) is 43.7 Å². The van der Waals surface area contributed by atoms with Gasteiger partial charge in [-0.25, -0.2) is 4.98 Å². The molecule has 27 heavy (non-hydrogen) atoms. The molecule has 0 amide bonds. The highest BCUT2D eigenvalue weighted by atomic mass is 35.5. The third kappa shape index (κ3) is 4.35. The fourth-order valence-electron chi connectivity index (χ4n) is 2.95. The van der Waals surface area contributed by atoms with Crippen LogP contribution in [0.5, 0.6) is 0 Å². The highest BCUT2D eigenvalue weighted by Gasteiger charge is 2.33. The number of pyridine rings is 1. The first kappa shape index (κ1) is 19.9. The van der Waals surface area contributed by atoms with Crippen LogP contribution in [0.25, 0.3) is 0 Å². The molecule has 0 spiro atoms. The summed E-state index contributed by atoms with van der Waals surface area (Å²) in [5, 5.41) is 4.00. The molecule has 1 fully saturated rings. The number of rotatable bonds is 4. The van der Waals surface area contributed by atoms with Gasteiger partial charge in [-0.15, -0.1) is 0 Å². The molecule has 1 aliphatic rings. The summed E-state index contributed by atoms with van der Waals surface area (Å²) in [6.07, 6.45) is -3.63. The lowest BCUT2D eigenvalue weighted by Crippen LogP contribution is -2.47. The lowest BCUT2D eigenvalue weighted by Gasteiger charge is -2.37. The number of hydrogen-bond donors (Lipinski definition) is 0. The zero-order chi connectivity index (χ0) is 19.8. The zero-order valence-electron chi connectivity index (χ0n) is 15.3. The summed E-state index contributed by atoms with van der Waals surface area (Å²) in [5.41, 5.74) is -0.846. The molecule has 0 bridgehead atoms. The number of aromatic nitrogens is 3. The molecule has 6 nitrogen and oxygen atoms in total. The number of anilines is 1. The van der Waals surface area contributed by atoms with E-state index in [1.165, 1.54) is 0 Å². The number of halogens is 4. The number of nitrogens with zero attached hydrogens (tertiary/aromatic N) is 5. The topological polar surface area (TPSA) is 58.3 Å². The van der Waals surface area contributed by atoms with Crippen LogP contribution in [0.3, 0.4) is 0 Å². The Bertz CT molecular complexity index is 787. The first-order valence-electron chi connectivity index (χ1n) is 8.72. The molecule has 1 unspecified atom stereocenters. The Labute approximate surface area is 160 Å². The van der Waals surface area contributed by atoms with Gasteiger partial charge >= 0.3 is 6.18 Å². The molecule has 1 aliphatic heterocycles. The molecule has 2 aromatic heterocycles. The molecular formula is C17H21ClF3N5O. The van der Waals surface area contributed by atoms with Crippen molar-refractivity contribution in [1.29, 1.82) is 0 Å². The van der Waals surface area contributed by atoms with E-state index < -0.39 is 11.7 Å². The predicted octanol–water partition coefficient (Wildman–Crippen LogP) is 4.14. The van der Waals surface area contributed by atoms with Gasteiger partial charge in [0.1, 0.15) is 5.82 Å². The van der Waals surface area contributed by atoms with Crippen molar-refractivity contribution in [3.8, 4) is 0 Å². The second-order valence-electron chi connectivity index (χ2n) is 6.87. The lowest BCUT2D eigenvalue weighted by molar-refractivity contribution is -0.137. The molecule has 148 valence electrons. The molecule has 0 saturated carbocycles. The maximum Gasteiger partial charge on any atom is 0.417 e. The number of hydrogen-bond acceptors (Lipinski definition) is 6. The Hall–Kier alpha value is -1.87. The van der Waals surface area contributed by atoms with Gasteiger partial charge in [-0.3, -0.25) is 4.90 Å². The maximum absolute atomic E-state index is 12.8. The summed E-state index contributed by atoms with van der Waals surface area (Å²) in [6.45, 7) is 8.54. The van der Waals surface area contributed by atoms with Crippen LogP contribution in [-0.4, -0.2) is 46.2 Å². The third-order valence-corrected chi connectivity index (χ3v) is 4.92. The third-order valence-electron chi connectivity index (χ3n) is 4.64. The summed E-state index contributed by atoms with van der Waals surface area (Å²) >= 11 is 6.04. The molecule has 2 aromatic rings. The highest BCUT2D eigenvalue weighted by Crippen LogP contribution is 2.34. The van der Waals surface area contributed by atoms with Gasteiger partial charge in [0.15, 0.2) is 5.82 Å².